The largest absolute Gasteiger partial charge is 0.384 e. The number of anilines is 2. The number of hydrogen-bond acceptors (Lipinski definition) is 6. The summed E-state index contributed by atoms with van der Waals surface area (Å²) in [6.07, 6.45) is -0.677. The van der Waals surface area contributed by atoms with E-state index in [1.165, 1.54) is 0 Å². The van der Waals surface area contributed by atoms with Gasteiger partial charge in [-0.1, -0.05) is 54.6 Å². The van der Waals surface area contributed by atoms with E-state index < -0.39 is 6.10 Å². The molecule has 0 saturated heterocycles. The molecular formula is C16H15N5O. The molecule has 0 aliphatic carbocycles. The van der Waals surface area contributed by atoms with Crippen LogP contribution in [0.5, 0.6) is 0 Å². The molecule has 5 N–H and O–H groups in total. The molecule has 3 aromatic rings. The van der Waals surface area contributed by atoms with Crippen LogP contribution in [-0.2, 0) is 0 Å². The van der Waals surface area contributed by atoms with Gasteiger partial charge in [-0.3, -0.25) is 0 Å². The van der Waals surface area contributed by atoms with Gasteiger partial charge in [-0.15, -0.1) is 0 Å². The number of aliphatic hydroxyl groups is 1. The van der Waals surface area contributed by atoms with Crippen LogP contribution in [0.2, 0.25) is 0 Å². The van der Waals surface area contributed by atoms with Gasteiger partial charge in [0.15, 0.2) is 5.82 Å². The van der Waals surface area contributed by atoms with E-state index in [0.717, 1.165) is 16.7 Å². The SMILES string of the molecule is Nc1nc(N)nc(-c2ccc(C(O)c3ccccc3)cc2)n1. The molecule has 110 valence electrons. The third kappa shape index (κ3) is 2.87. The number of hydrogen-bond donors (Lipinski definition) is 3. The van der Waals surface area contributed by atoms with Gasteiger partial charge in [-0.05, 0) is 11.1 Å². The van der Waals surface area contributed by atoms with Gasteiger partial charge in [0.25, 0.3) is 0 Å². The fraction of sp³-hybridized carbons (Fsp3) is 0.0625. The minimum absolute atomic E-state index is 0.0795. The summed E-state index contributed by atoms with van der Waals surface area (Å²) in [5.74, 6) is 0.567. The summed E-state index contributed by atoms with van der Waals surface area (Å²) >= 11 is 0. The van der Waals surface area contributed by atoms with Crippen LogP contribution in [0.15, 0.2) is 54.6 Å². The molecule has 1 aromatic heterocycles. The predicted molar refractivity (Wildman–Crippen MR) is 84.6 cm³/mol. The van der Waals surface area contributed by atoms with Gasteiger partial charge in [0.2, 0.25) is 11.9 Å². The van der Waals surface area contributed by atoms with E-state index in [9.17, 15) is 5.11 Å². The van der Waals surface area contributed by atoms with Crippen LogP contribution in [0, 0.1) is 0 Å². The van der Waals surface area contributed by atoms with Crippen molar-refractivity contribution < 1.29 is 5.11 Å². The Labute approximate surface area is 127 Å². The number of aliphatic hydroxyl groups excluding tert-OH is 1. The zero-order valence-corrected chi connectivity index (χ0v) is 11.7. The number of nitrogens with zero attached hydrogens (tertiary/aromatic N) is 3. The van der Waals surface area contributed by atoms with E-state index in [2.05, 4.69) is 15.0 Å². The van der Waals surface area contributed by atoms with Gasteiger partial charge >= 0.3 is 0 Å². The third-order valence-corrected chi connectivity index (χ3v) is 3.27. The Morgan fingerprint density at radius 3 is 1.86 bits per heavy atom. The Bertz CT molecular complexity index is 754. The Hall–Kier alpha value is -2.99. The topological polar surface area (TPSA) is 111 Å². The Balaban J connectivity index is 1.89. The minimum atomic E-state index is -0.677. The summed E-state index contributed by atoms with van der Waals surface area (Å²) in [5.41, 5.74) is 13.5. The van der Waals surface area contributed by atoms with Crippen LogP contribution in [0.1, 0.15) is 17.2 Å². The van der Waals surface area contributed by atoms with Gasteiger partial charge in [-0.2, -0.15) is 15.0 Å². The summed E-state index contributed by atoms with van der Waals surface area (Å²) in [6, 6.07) is 16.7. The highest BCUT2D eigenvalue weighted by Crippen LogP contribution is 2.24. The van der Waals surface area contributed by atoms with Crippen molar-refractivity contribution in [2.24, 2.45) is 0 Å². The monoisotopic (exact) mass is 293 g/mol. The van der Waals surface area contributed by atoms with Gasteiger partial charge in [-0.25, -0.2) is 0 Å². The van der Waals surface area contributed by atoms with Crippen LogP contribution in [0.25, 0.3) is 11.4 Å². The van der Waals surface area contributed by atoms with E-state index in [1.807, 2.05) is 54.6 Å². The Kier molecular flexibility index (Phi) is 3.67. The lowest BCUT2D eigenvalue weighted by atomic mass is 10.0. The van der Waals surface area contributed by atoms with Crippen molar-refractivity contribution >= 4 is 11.9 Å². The molecule has 1 atom stereocenters. The van der Waals surface area contributed by atoms with E-state index >= 15 is 0 Å². The normalized spacial score (nSPS) is 12.0. The molecule has 0 spiro atoms. The molecule has 6 heteroatoms. The summed E-state index contributed by atoms with van der Waals surface area (Å²) < 4.78 is 0. The van der Waals surface area contributed by atoms with Crippen molar-refractivity contribution in [1.29, 1.82) is 0 Å². The third-order valence-electron chi connectivity index (χ3n) is 3.27. The minimum Gasteiger partial charge on any atom is -0.384 e. The Morgan fingerprint density at radius 2 is 1.27 bits per heavy atom. The van der Waals surface area contributed by atoms with Crippen LogP contribution < -0.4 is 11.5 Å². The van der Waals surface area contributed by atoms with Crippen molar-refractivity contribution in [3.8, 4) is 11.4 Å². The van der Waals surface area contributed by atoms with Gasteiger partial charge < -0.3 is 16.6 Å². The highest BCUT2D eigenvalue weighted by Gasteiger charge is 2.11. The van der Waals surface area contributed by atoms with Gasteiger partial charge in [0, 0.05) is 5.56 Å². The first-order chi connectivity index (χ1) is 10.6. The quantitative estimate of drug-likeness (QED) is 0.679. The lowest BCUT2D eigenvalue weighted by Gasteiger charge is -2.12. The van der Waals surface area contributed by atoms with E-state index in [4.69, 9.17) is 11.5 Å². The van der Waals surface area contributed by atoms with Crippen molar-refractivity contribution in [3.05, 3.63) is 65.7 Å². The number of nitrogen functional groups attached to an aromatic ring is 2. The van der Waals surface area contributed by atoms with Crippen molar-refractivity contribution in [2.45, 2.75) is 6.10 Å². The average Bonchev–Trinajstić information content (AvgIpc) is 2.54. The zero-order valence-electron chi connectivity index (χ0n) is 11.7. The fourth-order valence-corrected chi connectivity index (χ4v) is 2.18. The molecule has 6 nitrogen and oxygen atoms in total. The summed E-state index contributed by atoms with van der Waals surface area (Å²) in [6.45, 7) is 0. The number of aromatic nitrogens is 3. The van der Waals surface area contributed by atoms with Crippen molar-refractivity contribution in [3.63, 3.8) is 0 Å². The second-order valence-electron chi connectivity index (χ2n) is 4.81. The maximum atomic E-state index is 10.4. The van der Waals surface area contributed by atoms with Gasteiger partial charge in [0.05, 0.1) is 0 Å². The number of benzene rings is 2. The molecule has 1 unspecified atom stereocenters. The second-order valence-corrected chi connectivity index (χ2v) is 4.81. The maximum Gasteiger partial charge on any atom is 0.225 e. The fourth-order valence-electron chi connectivity index (χ4n) is 2.18. The van der Waals surface area contributed by atoms with E-state index in [0.29, 0.717) is 5.82 Å². The van der Waals surface area contributed by atoms with Gasteiger partial charge in [0.1, 0.15) is 6.10 Å². The molecule has 0 radical (unpaired) electrons. The smallest absolute Gasteiger partial charge is 0.225 e. The first kappa shape index (κ1) is 14.0. The molecule has 3 rings (SSSR count). The first-order valence-electron chi connectivity index (χ1n) is 6.74. The molecule has 0 saturated carbocycles. The molecule has 0 aliphatic heterocycles. The molecule has 0 bridgehead atoms. The van der Waals surface area contributed by atoms with Crippen molar-refractivity contribution in [1.82, 2.24) is 15.0 Å². The molecule has 2 aromatic carbocycles. The summed E-state index contributed by atoms with van der Waals surface area (Å²) in [7, 11) is 0. The van der Waals surface area contributed by atoms with Crippen LogP contribution in [0.3, 0.4) is 0 Å². The highest BCUT2D eigenvalue weighted by atomic mass is 16.3. The maximum absolute atomic E-state index is 10.4. The average molecular weight is 293 g/mol. The van der Waals surface area contributed by atoms with Crippen molar-refractivity contribution in [2.75, 3.05) is 11.5 Å². The molecule has 0 fully saturated rings. The number of nitrogens with two attached hydrogens (primary N) is 2. The molecule has 22 heavy (non-hydrogen) atoms. The molecule has 0 amide bonds. The van der Waals surface area contributed by atoms with Crippen LogP contribution in [0.4, 0.5) is 11.9 Å². The van der Waals surface area contributed by atoms with Crippen LogP contribution in [-0.4, -0.2) is 20.1 Å². The van der Waals surface area contributed by atoms with E-state index in [-0.39, 0.29) is 11.9 Å². The predicted octanol–water partition coefficient (Wildman–Crippen LogP) is 1.78. The van der Waals surface area contributed by atoms with E-state index in [1.54, 1.807) is 0 Å². The Morgan fingerprint density at radius 1 is 0.727 bits per heavy atom. The molecular weight excluding hydrogens is 278 g/mol. The lowest BCUT2D eigenvalue weighted by molar-refractivity contribution is 0.220. The molecule has 1 heterocycles. The lowest BCUT2D eigenvalue weighted by Crippen LogP contribution is -2.04. The first-order valence-corrected chi connectivity index (χ1v) is 6.74. The summed E-state index contributed by atoms with van der Waals surface area (Å²) in [5, 5.41) is 10.4. The molecule has 0 aliphatic rings. The standard InChI is InChI=1S/C16H15N5O/c17-15-19-14(20-16(18)21-15)12-8-6-11(7-9-12)13(22)10-4-2-1-3-5-10/h1-9,13,22H,(H4,17,18,19,20,21). The summed E-state index contributed by atoms with van der Waals surface area (Å²) in [4.78, 5) is 11.8. The van der Waals surface area contributed by atoms with Crippen LogP contribution >= 0.6 is 0 Å². The number of rotatable bonds is 3. The highest BCUT2D eigenvalue weighted by molar-refractivity contribution is 5.58. The second kappa shape index (κ2) is 5.79. The zero-order chi connectivity index (χ0) is 15.5.